The Morgan fingerprint density at radius 1 is 0.576 bits per heavy atom. The van der Waals surface area contributed by atoms with Crippen molar-refractivity contribution < 1.29 is 39.8 Å². The summed E-state index contributed by atoms with van der Waals surface area (Å²) in [5, 5.41) is 54.1. The lowest BCUT2D eigenvalue weighted by Gasteiger charge is -2.40. The van der Waals surface area contributed by atoms with E-state index in [-0.39, 0.29) is 12.5 Å². The smallest absolute Gasteiger partial charge is 0.220 e. The van der Waals surface area contributed by atoms with E-state index in [1.807, 2.05) is 6.08 Å². The number of carbonyl (C=O) groups excluding carboxylic acids is 1. The molecule has 0 aromatic heterocycles. The first kappa shape index (κ1) is 55.2. The third-order valence-corrected chi connectivity index (χ3v) is 11.4. The minimum Gasteiger partial charge on any atom is -0.394 e. The monoisotopic (exact) mass is 834 g/mol. The minimum absolute atomic E-state index is 0.194. The molecule has 0 aliphatic carbocycles. The van der Waals surface area contributed by atoms with Gasteiger partial charge in [0, 0.05) is 6.42 Å². The molecule has 9 heteroatoms. The van der Waals surface area contributed by atoms with E-state index in [1.165, 1.54) is 141 Å². The normalized spacial score (nSPS) is 21.1. The number of hydrogen-bond acceptors (Lipinski definition) is 8. The average Bonchev–Trinajstić information content (AvgIpc) is 3.23. The molecule has 7 atom stereocenters. The zero-order chi connectivity index (χ0) is 43.0. The average molecular weight is 834 g/mol. The fraction of sp³-hybridized carbons (Fsp3) is 0.820. The van der Waals surface area contributed by atoms with E-state index >= 15 is 0 Å². The predicted molar refractivity (Wildman–Crippen MR) is 244 cm³/mol. The van der Waals surface area contributed by atoms with Crippen LogP contribution < -0.4 is 5.32 Å². The second-order valence-corrected chi connectivity index (χ2v) is 16.9. The van der Waals surface area contributed by atoms with Crippen molar-refractivity contribution in [2.24, 2.45) is 0 Å². The Labute approximate surface area is 361 Å². The summed E-state index contributed by atoms with van der Waals surface area (Å²) in [5.74, 6) is -0.194. The summed E-state index contributed by atoms with van der Waals surface area (Å²) < 4.78 is 11.2. The van der Waals surface area contributed by atoms with Crippen LogP contribution in [0.25, 0.3) is 0 Å². The third kappa shape index (κ3) is 30.8. The first-order valence-electron chi connectivity index (χ1n) is 24.4. The number of allylic oxidation sites excluding steroid dienone is 7. The van der Waals surface area contributed by atoms with Gasteiger partial charge >= 0.3 is 0 Å². The van der Waals surface area contributed by atoms with Crippen molar-refractivity contribution in [1.82, 2.24) is 5.32 Å². The van der Waals surface area contributed by atoms with E-state index in [2.05, 4.69) is 55.6 Å². The van der Waals surface area contributed by atoms with Crippen molar-refractivity contribution in [1.29, 1.82) is 0 Å². The molecule has 7 unspecified atom stereocenters. The lowest BCUT2D eigenvalue weighted by atomic mass is 9.99. The molecule has 0 radical (unpaired) electrons. The van der Waals surface area contributed by atoms with Gasteiger partial charge in [-0.2, -0.15) is 0 Å². The van der Waals surface area contributed by atoms with E-state index in [0.29, 0.717) is 6.42 Å². The molecule has 9 nitrogen and oxygen atoms in total. The molecule has 1 aliphatic heterocycles. The molecule has 1 amide bonds. The molecule has 0 saturated carbocycles. The first-order chi connectivity index (χ1) is 28.8. The highest BCUT2D eigenvalue weighted by Gasteiger charge is 2.44. The Morgan fingerprint density at radius 3 is 1.53 bits per heavy atom. The summed E-state index contributed by atoms with van der Waals surface area (Å²) in [6, 6.07) is -0.823. The van der Waals surface area contributed by atoms with Crippen LogP contribution in [0.4, 0.5) is 0 Å². The summed E-state index contributed by atoms with van der Waals surface area (Å²) in [4.78, 5) is 13.0. The molecule has 1 rings (SSSR count). The number of amides is 1. The molecule has 0 aromatic rings. The number of aliphatic hydroxyl groups excluding tert-OH is 5. The maximum Gasteiger partial charge on any atom is 0.220 e. The zero-order valence-corrected chi connectivity index (χ0v) is 37.7. The van der Waals surface area contributed by atoms with Gasteiger partial charge in [-0.1, -0.05) is 184 Å². The van der Waals surface area contributed by atoms with Crippen LogP contribution in [0.5, 0.6) is 0 Å². The number of nitrogens with one attached hydrogen (secondary N) is 1. The molecule has 1 saturated heterocycles. The lowest BCUT2D eigenvalue weighted by Crippen LogP contribution is -2.60. The zero-order valence-electron chi connectivity index (χ0n) is 37.7. The molecule has 344 valence electrons. The van der Waals surface area contributed by atoms with E-state index in [9.17, 15) is 30.3 Å². The molecule has 59 heavy (non-hydrogen) atoms. The number of ether oxygens (including phenoxy) is 2. The molecule has 0 bridgehead atoms. The van der Waals surface area contributed by atoms with E-state index in [4.69, 9.17) is 9.47 Å². The van der Waals surface area contributed by atoms with Gasteiger partial charge in [0.1, 0.15) is 24.4 Å². The quantitative estimate of drug-likeness (QED) is 0.0264. The SMILES string of the molecule is CCCCCCC/C=C/CC/C=C/C(O)C(COC1OC(CO)C(O)C(O)C1O)NC(=O)CCCCCCCCCCC/C=C\C/C=C\CCCCCCCCCCC. The largest absolute Gasteiger partial charge is 0.394 e. The molecular formula is C50H91NO8. The van der Waals surface area contributed by atoms with Crippen LogP contribution in [0.15, 0.2) is 48.6 Å². The van der Waals surface area contributed by atoms with Crippen molar-refractivity contribution in [3.05, 3.63) is 48.6 Å². The van der Waals surface area contributed by atoms with E-state index < -0.39 is 49.5 Å². The van der Waals surface area contributed by atoms with Crippen molar-refractivity contribution >= 4 is 5.91 Å². The van der Waals surface area contributed by atoms with E-state index in [1.54, 1.807) is 6.08 Å². The molecule has 1 aliphatic rings. The number of rotatable bonds is 40. The van der Waals surface area contributed by atoms with Gasteiger partial charge < -0.3 is 40.3 Å². The second-order valence-electron chi connectivity index (χ2n) is 16.9. The van der Waals surface area contributed by atoms with Crippen molar-refractivity contribution in [2.45, 2.75) is 249 Å². The number of carbonyl (C=O) groups is 1. The summed E-state index contributed by atoms with van der Waals surface area (Å²) in [7, 11) is 0. The maximum atomic E-state index is 13.0. The van der Waals surface area contributed by atoms with Gasteiger partial charge in [0.25, 0.3) is 0 Å². The maximum absolute atomic E-state index is 13.0. The molecule has 6 N–H and O–H groups in total. The summed E-state index contributed by atoms with van der Waals surface area (Å²) in [5.41, 5.74) is 0. The van der Waals surface area contributed by atoms with Crippen LogP contribution in [0.2, 0.25) is 0 Å². The van der Waals surface area contributed by atoms with Gasteiger partial charge in [0.15, 0.2) is 6.29 Å². The standard InChI is InChI=1S/C50H91NO8/c1-3-5-7-9-11-13-15-16-17-18-19-20-21-22-23-24-25-26-27-28-30-32-34-36-38-40-46(54)51-43(42-58-50-49(57)48(56)47(55)45(41-52)59-50)44(53)39-37-35-33-31-29-14-12-10-8-6-4-2/h19-20,22-23,29,31,37,39,43-45,47-50,52-53,55-57H,3-18,21,24-28,30,32-36,38,40-42H2,1-2H3,(H,51,54)/b20-19-,23-22-,31-29+,39-37+. The van der Waals surface area contributed by atoms with Gasteiger partial charge in [0.05, 0.1) is 25.4 Å². The van der Waals surface area contributed by atoms with Gasteiger partial charge in [-0.3, -0.25) is 4.79 Å². The molecule has 1 fully saturated rings. The fourth-order valence-electron chi connectivity index (χ4n) is 7.44. The van der Waals surface area contributed by atoms with Crippen LogP contribution in [-0.2, 0) is 14.3 Å². The summed E-state index contributed by atoms with van der Waals surface area (Å²) in [6.07, 6.45) is 44.6. The third-order valence-electron chi connectivity index (χ3n) is 11.4. The van der Waals surface area contributed by atoms with Crippen LogP contribution in [-0.4, -0.2) is 87.5 Å². The molecule has 0 aromatic carbocycles. The number of unbranched alkanes of at least 4 members (excludes halogenated alkanes) is 24. The lowest BCUT2D eigenvalue weighted by molar-refractivity contribution is -0.302. The van der Waals surface area contributed by atoms with Crippen molar-refractivity contribution in [3.8, 4) is 0 Å². The highest BCUT2D eigenvalue weighted by atomic mass is 16.7. The van der Waals surface area contributed by atoms with Crippen molar-refractivity contribution in [3.63, 3.8) is 0 Å². The Balaban J connectivity index is 2.26. The van der Waals surface area contributed by atoms with Crippen LogP contribution in [0, 0.1) is 0 Å². The van der Waals surface area contributed by atoms with Crippen LogP contribution in [0.3, 0.4) is 0 Å². The van der Waals surface area contributed by atoms with Crippen molar-refractivity contribution in [2.75, 3.05) is 13.2 Å². The molecule has 0 spiro atoms. The first-order valence-corrected chi connectivity index (χ1v) is 24.4. The Morgan fingerprint density at radius 2 is 1.02 bits per heavy atom. The van der Waals surface area contributed by atoms with Gasteiger partial charge in [-0.15, -0.1) is 0 Å². The molecule has 1 heterocycles. The predicted octanol–water partition coefficient (Wildman–Crippen LogP) is 10.6. The highest BCUT2D eigenvalue weighted by Crippen LogP contribution is 2.22. The summed E-state index contributed by atoms with van der Waals surface area (Å²) in [6.45, 7) is 3.72. The number of aliphatic hydroxyl groups is 5. The topological polar surface area (TPSA) is 149 Å². The van der Waals surface area contributed by atoms with Gasteiger partial charge in [0.2, 0.25) is 5.91 Å². The van der Waals surface area contributed by atoms with Gasteiger partial charge in [-0.05, 0) is 64.2 Å². The fourth-order valence-corrected chi connectivity index (χ4v) is 7.44. The Kier molecular flexibility index (Phi) is 37.6. The summed E-state index contributed by atoms with van der Waals surface area (Å²) >= 11 is 0. The minimum atomic E-state index is -1.57. The Hall–Kier alpha value is -1.85. The molecular weight excluding hydrogens is 743 g/mol. The Bertz CT molecular complexity index is 1060. The van der Waals surface area contributed by atoms with Gasteiger partial charge in [-0.25, -0.2) is 0 Å². The van der Waals surface area contributed by atoms with E-state index in [0.717, 1.165) is 44.9 Å². The van der Waals surface area contributed by atoms with Crippen LogP contribution >= 0.6 is 0 Å². The highest BCUT2D eigenvalue weighted by molar-refractivity contribution is 5.76. The number of hydrogen-bond donors (Lipinski definition) is 6. The second kappa shape index (κ2) is 40.2. The van der Waals surface area contributed by atoms with Crippen LogP contribution in [0.1, 0.15) is 206 Å².